The molecule has 21 heavy (non-hydrogen) atoms. The van der Waals surface area contributed by atoms with Crippen molar-refractivity contribution < 1.29 is 13.9 Å². The molecule has 2 aromatic rings. The molecule has 0 saturated heterocycles. The summed E-state index contributed by atoms with van der Waals surface area (Å²) >= 11 is 3.45. The summed E-state index contributed by atoms with van der Waals surface area (Å²) in [6.45, 7) is 2.00. The van der Waals surface area contributed by atoms with Crippen LogP contribution in [0.2, 0.25) is 0 Å². The van der Waals surface area contributed by atoms with Crippen LogP contribution in [-0.4, -0.2) is 14.2 Å². The van der Waals surface area contributed by atoms with Gasteiger partial charge >= 0.3 is 0 Å². The third-order valence-electron chi connectivity index (χ3n) is 3.21. The van der Waals surface area contributed by atoms with Gasteiger partial charge < -0.3 is 14.8 Å². The molecule has 1 atom stereocenters. The van der Waals surface area contributed by atoms with Crippen LogP contribution in [0.15, 0.2) is 40.9 Å². The molecule has 3 nitrogen and oxygen atoms in total. The van der Waals surface area contributed by atoms with Crippen molar-refractivity contribution in [1.82, 2.24) is 0 Å². The molecule has 0 saturated carbocycles. The Balaban J connectivity index is 2.17. The first-order valence-electron chi connectivity index (χ1n) is 6.48. The van der Waals surface area contributed by atoms with E-state index in [1.54, 1.807) is 19.2 Å². The van der Waals surface area contributed by atoms with Crippen molar-refractivity contribution >= 4 is 21.6 Å². The first kappa shape index (κ1) is 15.6. The molecule has 0 aliphatic carbocycles. The highest BCUT2D eigenvalue weighted by molar-refractivity contribution is 9.10. The highest BCUT2D eigenvalue weighted by Crippen LogP contribution is 2.30. The SMILES string of the molecule is COc1cc(C(C)Nc2ccc(OC)c(Br)c2)ccc1F. The second-order valence-electron chi connectivity index (χ2n) is 4.61. The molecule has 0 bridgehead atoms. The average Bonchev–Trinajstić information content (AvgIpc) is 2.48. The van der Waals surface area contributed by atoms with Crippen molar-refractivity contribution in [2.75, 3.05) is 19.5 Å². The number of nitrogens with one attached hydrogen (secondary N) is 1. The zero-order valence-corrected chi connectivity index (χ0v) is 13.7. The number of halogens is 2. The molecule has 1 N–H and O–H groups in total. The summed E-state index contributed by atoms with van der Waals surface area (Å²) in [7, 11) is 3.08. The van der Waals surface area contributed by atoms with Crippen molar-refractivity contribution in [2.45, 2.75) is 13.0 Å². The molecule has 0 aromatic heterocycles. The summed E-state index contributed by atoms with van der Waals surface area (Å²) in [6, 6.07) is 10.6. The van der Waals surface area contributed by atoms with Gasteiger partial charge in [-0.05, 0) is 58.7 Å². The lowest BCUT2D eigenvalue weighted by Gasteiger charge is -2.17. The van der Waals surface area contributed by atoms with Gasteiger partial charge in [0.2, 0.25) is 0 Å². The van der Waals surface area contributed by atoms with Crippen molar-refractivity contribution in [3.05, 3.63) is 52.3 Å². The molecule has 0 spiro atoms. The van der Waals surface area contributed by atoms with Gasteiger partial charge in [-0.25, -0.2) is 4.39 Å². The lowest BCUT2D eigenvalue weighted by Crippen LogP contribution is -2.07. The summed E-state index contributed by atoms with van der Waals surface area (Å²) in [6.07, 6.45) is 0. The molecule has 0 heterocycles. The maximum Gasteiger partial charge on any atom is 0.165 e. The second kappa shape index (κ2) is 6.80. The van der Waals surface area contributed by atoms with E-state index in [0.29, 0.717) is 0 Å². The van der Waals surface area contributed by atoms with Gasteiger partial charge in [0.25, 0.3) is 0 Å². The third-order valence-corrected chi connectivity index (χ3v) is 3.83. The zero-order valence-electron chi connectivity index (χ0n) is 12.1. The molecule has 0 radical (unpaired) electrons. The van der Waals surface area contributed by atoms with Crippen molar-refractivity contribution in [3.8, 4) is 11.5 Å². The van der Waals surface area contributed by atoms with Crippen LogP contribution >= 0.6 is 15.9 Å². The van der Waals surface area contributed by atoms with E-state index in [-0.39, 0.29) is 17.6 Å². The Bertz CT molecular complexity index is 634. The number of hydrogen-bond acceptors (Lipinski definition) is 3. The molecular formula is C16H17BrFNO2. The Kier molecular flexibility index (Phi) is 5.07. The quantitative estimate of drug-likeness (QED) is 0.838. The highest BCUT2D eigenvalue weighted by Gasteiger charge is 2.10. The smallest absolute Gasteiger partial charge is 0.165 e. The van der Waals surface area contributed by atoms with Gasteiger partial charge in [0.15, 0.2) is 11.6 Å². The minimum absolute atomic E-state index is 0.0137. The van der Waals surface area contributed by atoms with Crippen LogP contribution in [-0.2, 0) is 0 Å². The molecule has 0 aliphatic rings. The first-order chi connectivity index (χ1) is 10.0. The molecule has 0 fully saturated rings. The number of ether oxygens (including phenoxy) is 2. The second-order valence-corrected chi connectivity index (χ2v) is 5.46. The normalized spacial score (nSPS) is 11.9. The van der Waals surface area contributed by atoms with Crippen molar-refractivity contribution in [3.63, 3.8) is 0 Å². The Morgan fingerprint density at radius 2 is 1.76 bits per heavy atom. The Morgan fingerprint density at radius 3 is 2.38 bits per heavy atom. The van der Waals surface area contributed by atoms with E-state index in [4.69, 9.17) is 9.47 Å². The van der Waals surface area contributed by atoms with Crippen molar-refractivity contribution in [1.29, 1.82) is 0 Å². The molecular weight excluding hydrogens is 337 g/mol. The van der Waals surface area contributed by atoms with E-state index in [1.807, 2.05) is 25.1 Å². The Morgan fingerprint density at radius 1 is 1.05 bits per heavy atom. The van der Waals surface area contributed by atoms with Gasteiger partial charge in [0.05, 0.1) is 18.7 Å². The average molecular weight is 354 g/mol. The number of hydrogen-bond donors (Lipinski definition) is 1. The van der Waals surface area contributed by atoms with Crippen LogP contribution in [0, 0.1) is 5.82 Å². The number of rotatable bonds is 5. The lowest BCUT2D eigenvalue weighted by atomic mass is 10.1. The number of anilines is 1. The predicted octanol–water partition coefficient (Wildman–Crippen LogP) is 4.78. The summed E-state index contributed by atoms with van der Waals surface area (Å²) in [5.41, 5.74) is 1.89. The molecule has 5 heteroatoms. The maximum absolute atomic E-state index is 13.4. The van der Waals surface area contributed by atoms with E-state index in [0.717, 1.165) is 21.5 Å². The molecule has 0 amide bonds. The van der Waals surface area contributed by atoms with E-state index in [2.05, 4.69) is 21.2 Å². The lowest BCUT2D eigenvalue weighted by molar-refractivity contribution is 0.385. The van der Waals surface area contributed by atoms with E-state index < -0.39 is 0 Å². The number of benzene rings is 2. The fourth-order valence-electron chi connectivity index (χ4n) is 2.04. The van der Waals surface area contributed by atoms with Gasteiger partial charge in [-0.3, -0.25) is 0 Å². The Labute approximate surface area is 132 Å². The summed E-state index contributed by atoms with van der Waals surface area (Å²) in [4.78, 5) is 0. The molecule has 0 aliphatic heterocycles. The van der Waals surface area contributed by atoms with Gasteiger partial charge in [-0.1, -0.05) is 6.07 Å². The zero-order chi connectivity index (χ0) is 15.4. The van der Waals surface area contributed by atoms with Crippen LogP contribution in [0.4, 0.5) is 10.1 Å². The third kappa shape index (κ3) is 3.67. The monoisotopic (exact) mass is 353 g/mol. The molecule has 112 valence electrons. The minimum atomic E-state index is -0.361. The fraction of sp³-hybridized carbons (Fsp3) is 0.250. The van der Waals surface area contributed by atoms with Crippen LogP contribution in [0.1, 0.15) is 18.5 Å². The molecule has 2 aromatic carbocycles. The van der Waals surface area contributed by atoms with Gasteiger partial charge in [0.1, 0.15) is 5.75 Å². The summed E-state index contributed by atoms with van der Waals surface area (Å²) in [5.74, 6) is 0.661. The van der Waals surface area contributed by atoms with Gasteiger partial charge in [-0.15, -0.1) is 0 Å². The van der Waals surface area contributed by atoms with E-state index in [9.17, 15) is 4.39 Å². The van der Waals surface area contributed by atoms with Crippen LogP contribution in [0.25, 0.3) is 0 Å². The number of methoxy groups -OCH3 is 2. The summed E-state index contributed by atoms with van der Waals surface area (Å²) in [5, 5.41) is 3.36. The van der Waals surface area contributed by atoms with Crippen molar-refractivity contribution in [2.24, 2.45) is 0 Å². The minimum Gasteiger partial charge on any atom is -0.496 e. The summed E-state index contributed by atoms with van der Waals surface area (Å²) < 4.78 is 24.5. The van der Waals surface area contributed by atoms with Crippen LogP contribution in [0.5, 0.6) is 11.5 Å². The maximum atomic E-state index is 13.4. The van der Waals surface area contributed by atoms with Gasteiger partial charge in [0, 0.05) is 11.7 Å². The Hall–Kier alpha value is -1.75. The molecule has 2 rings (SSSR count). The first-order valence-corrected chi connectivity index (χ1v) is 7.28. The predicted molar refractivity (Wildman–Crippen MR) is 85.7 cm³/mol. The van der Waals surface area contributed by atoms with Crippen LogP contribution < -0.4 is 14.8 Å². The largest absolute Gasteiger partial charge is 0.496 e. The van der Waals surface area contributed by atoms with Crippen LogP contribution in [0.3, 0.4) is 0 Å². The standard InChI is InChI=1S/C16H17BrFNO2/c1-10(11-4-6-14(18)16(8-11)21-3)19-12-5-7-15(20-2)13(17)9-12/h4-10,19H,1-3H3. The highest BCUT2D eigenvalue weighted by atomic mass is 79.9. The fourth-order valence-corrected chi connectivity index (χ4v) is 2.58. The molecule has 1 unspecified atom stereocenters. The van der Waals surface area contributed by atoms with Gasteiger partial charge in [-0.2, -0.15) is 0 Å². The van der Waals surface area contributed by atoms with E-state index >= 15 is 0 Å². The van der Waals surface area contributed by atoms with E-state index in [1.165, 1.54) is 13.2 Å². The topological polar surface area (TPSA) is 30.5 Å².